The summed E-state index contributed by atoms with van der Waals surface area (Å²) < 4.78 is 61.0. The molecule has 6 nitrogen and oxygen atoms in total. The number of rotatable bonds is 3. The summed E-state index contributed by atoms with van der Waals surface area (Å²) in [6.07, 6.45) is 2.01. The van der Waals surface area contributed by atoms with Crippen LogP contribution < -0.4 is 0 Å². The Morgan fingerprint density at radius 2 is 2.00 bits per heavy atom. The highest BCUT2D eigenvalue weighted by Gasteiger charge is 2.64. The summed E-state index contributed by atoms with van der Waals surface area (Å²) in [5.41, 5.74) is -1.21. The Morgan fingerprint density at radius 1 is 1.33 bits per heavy atom. The van der Waals surface area contributed by atoms with E-state index < -0.39 is 26.9 Å². The van der Waals surface area contributed by atoms with Gasteiger partial charge in [0, 0.05) is 11.8 Å². The van der Waals surface area contributed by atoms with Gasteiger partial charge in [0.05, 0.1) is 0 Å². The molecule has 9 heteroatoms. The molecular weight excluding hydrogens is 310 g/mol. The van der Waals surface area contributed by atoms with Gasteiger partial charge in [-0.3, -0.25) is 9.35 Å². The number of Topliss-reactive ketones (excluding diaryl/α,β-unsaturated/α-hetero) is 1. The van der Waals surface area contributed by atoms with Crippen molar-refractivity contribution in [2.45, 2.75) is 43.0 Å². The Kier molecular flexibility index (Phi) is 2.98. The lowest BCUT2D eigenvalue weighted by atomic mass is 9.63. The van der Waals surface area contributed by atoms with Crippen molar-refractivity contribution in [3.8, 4) is 0 Å². The standard InChI is InChI=1S/C12H14F2O6S/c13-12(14,21(17,18)19)10(16)20-11-3-1-2-6-7(4-11)8(5-11)9(6)15/h6-8H,1-5H2,(H,17,18,19). The number of ketones is 1. The summed E-state index contributed by atoms with van der Waals surface area (Å²) in [7, 11) is -5.87. The molecule has 0 aromatic carbocycles. The number of esters is 1. The van der Waals surface area contributed by atoms with Crippen LogP contribution in [0.25, 0.3) is 0 Å². The van der Waals surface area contributed by atoms with Crippen LogP contribution in [0.2, 0.25) is 0 Å². The second-order valence-electron chi connectivity index (χ2n) is 6.14. The van der Waals surface area contributed by atoms with E-state index in [1.807, 2.05) is 0 Å². The third-order valence-corrected chi connectivity index (χ3v) is 5.80. The molecule has 3 aliphatic carbocycles. The topological polar surface area (TPSA) is 97.7 Å². The van der Waals surface area contributed by atoms with Crippen LogP contribution >= 0.6 is 0 Å². The fraction of sp³-hybridized carbons (Fsp3) is 0.833. The molecule has 3 saturated carbocycles. The first-order chi connectivity index (χ1) is 9.57. The Morgan fingerprint density at radius 3 is 2.62 bits per heavy atom. The summed E-state index contributed by atoms with van der Waals surface area (Å²) in [6.45, 7) is 0. The minimum atomic E-state index is -5.87. The number of ether oxygens (including phenoxy) is 1. The number of carbonyl (C=O) groups excluding carboxylic acids is 2. The zero-order valence-electron chi connectivity index (χ0n) is 10.9. The van der Waals surface area contributed by atoms with Gasteiger partial charge in [-0.05, 0) is 38.0 Å². The van der Waals surface area contributed by atoms with Gasteiger partial charge in [-0.25, -0.2) is 4.79 Å². The molecule has 1 N–H and O–H groups in total. The number of hydrogen-bond acceptors (Lipinski definition) is 5. The van der Waals surface area contributed by atoms with Gasteiger partial charge in [0.25, 0.3) is 0 Å². The van der Waals surface area contributed by atoms with Crippen LogP contribution in [0.4, 0.5) is 8.78 Å². The number of fused-ring (bicyclic) bond motifs is 1. The second kappa shape index (κ2) is 4.22. The molecule has 0 heterocycles. The van der Waals surface area contributed by atoms with Crippen molar-refractivity contribution in [2.24, 2.45) is 17.8 Å². The third-order valence-electron chi connectivity index (χ3n) is 4.98. The fourth-order valence-corrected chi connectivity index (χ4v) is 4.26. The molecular formula is C12H14F2O6S. The molecule has 0 amide bonds. The monoisotopic (exact) mass is 324 g/mol. The van der Waals surface area contributed by atoms with Gasteiger partial charge in [0.15, 0.2) is 0 Å². The SMILES string of the molecule is O=C1C2CCCC3(OC(=O)C(F)(F)S(=O)(=O)O)CC1C2C3. The highest BCUT2D eigenvalue weighted by Crippen LogP contribution is 2.59. The Labute approximate surface area is 119 Å². The normalized spacial score (nSPS) is 38.6. The zero-order chi connectivity index (χ0) is 15.6. The predicted molar refractivity (Wildman–Crippen MR) is 63.9 cm³/mol. The average molecular weight is 324 g/mol. The smallest absolute Gasteiger partial charge is 0.454 e. The van der Waals surface area contributed by atoms with E-state index in [9.17, 15) is 26.8 Å². The minimum absolute atomic E-state index is 0.0344. The van der Waals surface area contributed by atoms with Crippen LogP contribution in [-0.2, 0) is 24.4 Å². The van der Waals surface area contributed by atoms with Crippen LogP contribution in [-0.4, -0.2) is 35.6 Å². The lowest BCUT2D eigenvalue weighted by Crippen LogP contribution is -2.45. The molecule has 3 aliphatic rings. The first-order valence-corrected chi connectivity index (χ1v) is 8.13. The first kappa shape index (κ1) is 14.8. The van der Waals surface area contributed by atoms with Crippen LogP contribution in [0, 0.1) is 17.8 Å². The van der Waals surface area contributed by atoms with Crippen molar-refractivity contribution >= 4 is 21.9 Å². The maximum Gasteiger partial charge on any atom is 0.465 e. The molecule has 21 heavy (non-hydrogen) atoms. The van der Waals surface area contributed by atoms with Gasteiger partial charge in [-0.15, -0.1) is 0 Å². The van der Waals surface area contributed by atoms with Crippen LogP contribution in [0.5, 0.6) is 0 Å². The molecule has 2 bridgehead atoms. The Hall–Kier alpha value is -1.09. The van der Waals surface area contributed by atoms with Gasteiger partial charge >= 0.3 is 21.3 Å². The molecule has 0 radical (unpaired) electrons. The maximum atomic E-state index is 13.3. The molecule has 4 atom stereocenters. The number of halogens is 2. The fourth-order valence-electron chi connectivity index (χ4n) is 4.01. The van der Waals surface area contributed by atoms with Crippen molar-refractivity contribution in [3.63, 3.8) is 0 Å². The molecule has 3 fully saturated rings. The van der Waals surface area contributed by atoms with E-state index in [1.54, 1.807) is 0 Å². The van der Waals surface area contributed by atoms with E-state index >= 15 is 0 Å². The van der Waals surface area contributed by atoms with Crippen molar-refractivity contribution in [3.05, 3.63) is 0 Å². The van der Waals surface area contributed by atoms with Crippen molar-refractivity contribution < 1.29 is 36.1 Å². The molecule has 0 aromatic heterocycles. The zero-order valence-corrected chi connectivity index (χ0v) is 11.7. The lowest BCUT2D eigenvalue weighted by Gasteiger charge is -2.38. The molecule has 4 unspecified atom stereocenters. The van der Waals surface area contributed by atoms with Crippen molar-refractivity contribution in [1.82, 2.24) is 0 Å². The van der Waals surface area contributed by atoms with Gasteiger partial charge in [0.1, 0.15) is 11.4 Å². The van der Waals surface area contributed by atoms with E-state index in [-0.39, 0.29) is 30.0 Å². The number of alkyl halides is 2. The van der Waals surface area contributed by atoms with Crippen molar-refractivity contribution in [1.29, 1.82) is 0 Å². The number of hydrogen-bond donors (Lipinski definition) is 1. The van der Waals surface area contributed by atoms with E-state index in [0.29, 0.717) is 25.7 Å². The lowest BCUT2D eigenvalue weighted by molar-refractivity contribution is -0.178. The molecule has 0 saturated heterocycles. The third kappa shape index (κ3) is 2.01. The number of carbonyl (C=O) groups is 2. The van der Waals surface area contributed by atoms with Crippen molar-refractivity contribution in [2.75, 3.05) is 0 Å². The summed E-state index contributed by atoms with van der Waals surface area (Å²) in [4.78, 5) is 23.3. The van der Waals surface area contributed by atoms with E-state index in [0.717, 1.165) is 0 Å². The first-order valence-electron chi connectivity index (χ1n) is 6.69. The van der Waals surface area contributed by atoms with E-state index in [2.05, 4.69) is 0 Å². The summed E-state index contributed by atoms with van der Waals surface area (Å²) in [5, 5.41) is -4.99. The second-order valence-corrected chi connectivity index (χ2v) is 7.61. The molecule has 3 rings (SSSR count). The quantitative estimate of drug-likeness (QED) is 0.618. The highest BCUT2D eigenvalue weighted by atomic mass is 32.2. The molecule has 0 aromatic rings. The summed E-state index contributed by atoms with van der Waals surface area (Å²) in [6, 6.07) is 0. The van der Waals surface area contributed by atoms with Gasteiger partial charge < -0.3 is 4.74 Å². The molecule has 118 valence electrons. The largest absolute Gasteiger partial charge is 0.465 e. The van der Waals surface area contributed by atoms with Gasteiger partial charge in [0.2, 0.25) is 0 Å². The van der Waals surface area contributed by atoms with Gasteiger partial charge in [-0.2, -0.15) is 17.2 Å². The van der Waals surface area contributed by atoms with E-state index in [4.69, 9.17) is 9.29 Å². The van der Waals surface area contributed by atoms with E-state index in [1.165, 1.54) is 0 Å². The van der Waals surface area contributed by atoms with Crippen LogP contribution in [0.1, 0.15) is 32.1 Å². The van der Waals surface area contributed by atoms with Crippen LogP contribution in [0.3, 0.4) is 0 Å². The highest BCUT2D eigenvalue weighted by molar-refractivity contribution is 7.87. The summed E-state index contributed by atoms with van der Waals surface area (Å²) in [5.74, 6) is -2.51. The minimum Gasteiger partial charge on any atom is -0.454 e. The van der Waals surface area contributed by atoms with Gasteiger partial charge in [-0.1, -0.05) is 0 Å². The average Bonchev–Trinajstić information content (AvgIpc) is 2.57. The molecule has 0 spiro atoms. The maximum absolute atomic E-state index is 13.3. The Balaban J connectivity index is 1.82. The summed E-state index contributed by atoms with van der Waals surface area (Å²) >= 11 is 0. The van der Waals surface area contributed by atoms with Crippen LogP contribution in [0.15, 0.2) is 0 Å². The predicted octanol–water partition coefficient (Wildman–Crippen LogP) is 1.16. The Bertz CT molecular complexity index is 615. The molecule has 0 aliphatic heterocycles.